The van der Waals surface area contributed by atoms with Crippen molar-refractivity contribution in [2.75, 3.05) is 0 Å². The molecule has 0 aliphatic heterocycles. The van der Waals surface area contributed by atoms with E-state index in [1.165, 1.54) is 0 Å². The highest BCUT2D eigenvalue weighted by Gasteiger charge is 2.23. The topological polar surface area (TPSA) is 92.9 Å². The lowest BCUT2D eigenvalue weighted by Gasteiger charge is -2.27. The van der Waals surface area contributed by atoms with Crippen LogP contribution in [-0.4, -0.2) is 21.2 Å². The van der Waals surface area contributed by atoms with Crippen molar-refractivity contribution in [3.63, 3.8) is 0 Å². The minimum atomic E-state index is -0.564. The van der Waals surface area contributed by atoms with E-state index in [0.29, 0.717) is 11.8 Å². The lowest BCUT2D eigenvalue weighted by molar-refractivity contribution is 0.228. The molecule has 3 rings (SSSR count). The zero-order valence-corrected chi connectivity index (χ0v) is 16.2. The van der Waals surface area contributed by atoms with E-state index in [1.54, 1.807) is 18.5 Å². The van der Waals surface area contributed by atoms with E-state index in [9.17, 15) is 4.79 Å². The van der Waals surface area contributed by atoms with E-state index in [4.69, 9.17) is 4.42 Å². The number of carbonyl (C=O) groups is 1. The number of aromatic nitrogens is 3. The lowest BCUT2D eigenvalue weighted by atomic mass is 9.92. The fourth-order valence-electron chi connectivity index (χ4n) is 2.66. The van der Waals surface area contributed by atoms with Crippen LogP contribution in [0.5, 0.6) is 0 Å². The van der Waals surface area contributed by atoms with Gasteiger partial charge < -0.3 is 15.1 Å². The summed E-state index contributed by atoms with van der Waals surface area (Å²) in [7, 11) is 0. The summed E-state index contributed by atoms with van der Waals surface area (Å²) in [6.45, 7) is 9.93. The van der Waals surface area contributed by atoms with Gasteiger partial charge in [-0.05, 0) is 50.1 Å². The van der Waals surface area contributed by atoms with E-state index >= 15 is 0 Å². The van der Waals surface area contributed by atoms with Crippen LogP contribution >= 0.6 is 0 Å². The standard InChI is InChI=1S/C21H23N5O2/c1-14(2)15-7-5-9-17(11-15)21(3,4)24-20(27)23-13-18-25-26-19(28-18)16-8-6-10-22-12-16/h5-12H,1,13H2,2-4H3,(H2,23,24,27). The summed E-state index contributed by atoms with van der Waals surface area (Å²) in [5.41, 5.74) is 3.17. The van der Waals surface area contributed by atoms with Crippen LogP contribution in [0.4, 0.5) is 4.79 Å². The normalized spacial score (nSPS) is 11.1. The monoisotopic (exact) mass is 377 g/mol. The van der Waals surface area contributed by atoms with Crippen LogP contribution < -0.4 is 10.6 Å². The first-order valence-corrected chi connectivity index (χ1v) is 8.90. The van der Waals surface area contributed by atoms with Crippen LogP contribution in [0.1, 0.15) is 37.8 Å². The van der Waals surface area contributed by atoms with Crippen molar-refractivity contribution in [2.24, 2.45) is 0 Å². The summed E-state index contributed by atoms with van der Waals surface area (Å²) in [6.07, 6.45) is 3.31. The molecule has 3 aromatic rings. The van der Waals surface area contributed by atoms with Gasteiger partial charge in [0.15, 0.2) is 0 Å². The van der Waals surface area contributed by atoms with Crippen LogP contribution in [0.2, 0.25) is 0 Å². The second-order valence-electron chi connectivity index (χ2n) is 7.04. The summed E-state index contributed by atoms with van der Waals surface area (Å²) < 4.78 is 5.56. The highest BCUT2D eigenvalue weighted by molar-refractivity contribution is 5.75. The van der Waals surface area contributed by atoms with Gasteiger partial charge in [0.25, 0.3) is 0 Å². The minimum Gasteiger partial charge on any atom is -0.419 e. The van der Waals surface area contributed by atoms with Crippen LogP contribution in [0.3, 0.4) is 0 Å². The van der Waals surface area contributed by atoms with Crippen LogP contribution in [-0.2, 0) is 12.1 Å². The number of rotatable bonds is 6. The van der Waals surface area contributed by atoms with E-state index in [0.717, 1.165) is 22.3 Å². The van der Waals surface area contributed by atoms with Crippen molar-refractivity contribution in [1.82, 2.24) is 25.8 Å². The molecule has 2 aromatic heterocycles. The lowest BCUT2D eigenvalue weighted by Crippen LogP contribution is -2.46. The molecule has 0 aliphatic carbocycles. The van der Waals surface area contributed by atoms with Gasteiger partial charge in [0.1, 0.15) is 0 Å². The molecule has 7 heteroatoms. The van der Waals surface area contributed by atoms with E-state index in [1.807, 2.05) is 51.1 Å². The second kappa shape index (κ2) is 8.04. The Bertz CT molecular complexity index is 979. The number of hydrogen-bond donors (Lipinski definition) is 2. The Morgan fingerprint density at radius 1 is 1.21 bits per heavy atom. The molecule has 144 valence electrons. The zero-order valence-electron chi connectivity index (χ0n) is 16.2. The van der Waals surface area contributed by atoms with Gasteiger partial charge in [-0.3, -0.25) is 4.98 Å². The number of allylic oxidation sites excluding steroid dienone is 1. The third kappa shape index (κ3) is 4.62. The Morgan fingerprint density at radius 3 is 2.75 bits per heavy atom. The van der Waals surface area contributed by atoms with Gasteiger partial charge in [0.2, 0.25) is 11.8 Å². The van der Waals surface area contributed by atoms with E-state index in [-0.39, 0.29) is 12.6 Å². The van der Waals surface area contributed by atoms with Crippen LogP contribution in [0.25, 0.3) is 17.0 Å². The zero-order chi connectivity index (χ0) is 20.1. The fourth-order valence-corrected chi connectivity index (χ4v) is 2.66. The van der Waals surface area contributed by atoms with Crippen molar-refractivity contribution in [2.45, 2.75) is 32.9 Å². The summed E-state index contributed by atoms with van der Waals surface area (Å²) in [5.74, 6) is 0.679. The predicted octanol–water partition coefficient (Wildman–Crippen LogP) is 3.90. The minimum absolute atomic E-state index is 0.126. The van der Waals surface area contributed by atoms with Crippen LogP contribution in [0, 0.1) is 0 Å². The highest BCUT2D eigenvalue weighted by atomic mass is 16.4. The molecule has 1 aromatic carbocycles. The smallest absolute Gasteiger partial charge is 0.315 e. The highest BCUT2D eigenvalue weighted by Crippen LogP contribution is 2.23. The summed E-state index contributed by atoms with van der Waals surface area (Å²) in [4.78, 5) is 16.4. The molecule has 0 spiro atoms. The molecule has 0 saturated carbocycles. The molecule has 2 amide bonds. The van der Waals surface area contributed by atoms with Crippen molar-refractivity contribution < 1.29 is 9.21 Å². The van der Waals surface area contributed by atoms with Crippen LogP contribution in [0.15, 0.2) is 59.8 Å². The van der Waals surface area contributed by atoms with Crippen molar-refractivity contribution in [3.8, 4) is 11.5 Å². The summed E-state index contributed by atoms with van der Waals surface area (Å²) >= 11 is 0. The summed E-state index contributed by atoms with van der Waals surface area (Å²) in [5, 5.41) is 13.6. The van der Waals surface area contributed by atoms with Gasteiger partial charge in [-0.25, -0.2) is 4.79 Å². The average Bonchev–Trinajstić information content (AvgIpc) is 3.16. The molecule has 2 heterocycles. The van der Waals surface area contributed by atoms with Gasteiger partial charge in [-0.1, -0.05) is 30.4 Å². The third-order valence-electron chi connectivity index (χ3n) is 4.28. The van der Waals surface area contributed by atoms with Crippen molar-refractivity contribution >= 4 is 11.6 Å². The van der Waals surface area contributed by atoms with Crippen molar-refractivity contribution in [3.05, 3.63) is 72.4 Å². The molecule has 0 aliphatic rings. The Kier molecular flexibility index (Phi) is 5.54. The fraction of sp³-hybridized carbons (Fsp3) is 0.238. The Balaban J connectivity index is 1.60. The number of amides is 2. The number of hydrogen-bond acceptors (Lipinski definition) is 5. The molecule has 0 fully saturated rings. The SMILES string of the molecule is C=C(C)c1cccc(C(C)(C)NC(=O)NCc2nnc(-c3cccnc3)o2)c1. The maximum absolute atomic E-state index is 12.4. The van der Waals surface area contributed by atoms with Gasteiger partial charge in [0, 0.05) is 12.4 Å². The predicted molar refractivity (Wildman–Crippen MR) is 107 cm³/mol. The molecular formula is C21H23N5O2. The van der Waals surface area contributed by atoms with E-state index in [2.05, 4.69) is 32.4 Å². The maximum Gasteiger partial charge on any atom is 0.315 e. The first-order chi connectivity index (χ1) is 13.3. The first-order valence-electron chi connectivity index (χ1n) is 8.90. The van der Waals surface area contributed by atoms with Gasteiger partial charge >= 0.3 is 6.03 Å². The molecule has 2 N–H and O–H groups in total. The molecule has 0 unspecified atom stereocenters. The summed E-state index contributed by atoms with van der Waals surface area (Å²) in [6, 6.07) is 11.2. The number of carbonyl (C=O) groups excluding carboxylic acids is 1. The van der Waals surface area contributed by atoms with Gasteiger partial charge in [0.05, 0.1) is 17.6 Å². The van der Waals surface area contributed by atoms with E-state index < -0.39 is 5.54 Å². The third-order valence-corrected chi connectivity index (χ3v) is 4.28. The molecule has 0 atom stereocenters. The first kappa shape index (κ1) is 19.3. The molecule has 0 saturated heterocycles. The Hall–Kier alpha value is -3.48. The number of pyridine rings is 1. The Labute approximate surface area is 163 Å². The number of urea groups is 1. The van der Waals surface area contributed by atoms with Crippen molar-refractivity contribution in [1.29, 1.82) is 0 Å². The molecular weight excluding hydrogens is 354 g/mol. The molecule has 7 nitrogen and oxygen atoms in total. The number of nitrogens with one attached hydrogen (secondary N) is 2. The molecule has 0 bridgehead atoms. The largest absolute Gasteiger partial charge is 0.419 e. The quantitative estimate of drug-likeness (QED) is 0.680. The molecule has 28 heavy (non-hydrogen) atoms. The van der Waals surface area contributed by atoms with Gasteiger partial charge in [-0.15, -0.1) is 10.2 Å². The van der Waals surface area contributed by atoms with Gasteiger partial charge in [-0.2, -0.15) is 0 Å². The number of nitrogens with zero attached hydrogens (tertiary/aromatic N) is 3. The Morgan fingerprint density at radius 2 is 2.04 bits per heavy atom. The molecule has 0 radical (unpaired) electrons. The maximum atomic E-state index is 12.4. The average molecular weight is 377 g/mol. The second-order valence-corrected chi connectivity index (χ2v) is 7.04. The number of benzene rings is 1.